The predicted molar refractivity (Wildman–Crippen MR) is 85.4 cm³/mol. The van der Waals surface area contributed by atoms with Gasteiger partial charge in [-0.05, 0) is 25.0 Å². The van der Waals surface area contributed by atoms with Gasteiger partial charge >= 0.3 is 0 Å². The summed E-state index contributed by atoms with van der Waals surface area (Å²) in [6.45, 7) is 3.94. The number of nitrogens with one attached hydrogen (secondary N) is 1. The quantitative estimate of drug-likeness (QED) is 0.780. The highest BCUT2D eigenvalue weighted by atomic mass is 79.9. The Morgan fingerprint density at radius 2 is 2.00 bits per heavy atom. The Labute approximate surface area is 131 Å². The molecule has 5 nitrogen and oxygen atoms in total. The molecule has 0 aromatic heterocycles. The van der Waals surface area contributed by atoms with Gasteiger partial charge in [0.15, 0.2) is 0 Å². The monoisotopic (exact) mass is 377 g/mol. The summed E-state index contributed by atoms with van der Waals surface area (Å²) in [5.41, 5.74) is 0.556. The molecule has 0 saturated carbocycles. The van der Waals surface area contributed by atoms with Crippen LogP contribution in [0.3, 0.4) is 0 Å². The Morgan fingerprint density at radius 3 is 2.60 bits per heavy atom. The Hall–Kier alpha value is -0.570. The highest BCUT2D eigenvalue weighted by Gasteiger charge is 2.33. The van der Waals surface area contributed by atoms with Gasteiger partial charge in [-0.15, -0.1) is 0 Å². The number of hydrogen-bond acceptors (Lipinski definition) is 4. The number of rotatable bonds is 6. The van der Waals surface area contributed by atoms with E-state index in [1.54, 1.807) is 18.2 Å². The second kappa shape index (κ2) is 6.05. The van der Waals surface area contributed by atoms with E-state index in [9.17, 15) is 8.42 Å². The van der Waals surface area contributed by atoms with E-state index in [1.807, 2.05) is 13.8 Å². The number of halogens is 1. The van der Waals surface area contributed by atoms with Gasteiger partial charge in [-0.1, -0.05) is 35.8 Å². The van der Waals surface area contributed by atoms with Gasteiger partial charge in [-0.25, -0.2) is 13.1 Å². The van der Waals surface area contributed by atoms with Gasteiger partial charge in [0.05, 0.1) is 11.4 Å². The fraction of sp³-hybridized carbons (Fsp3) is 0.500. The van der Waals surface area contributed by atoms with Crippen LogP contribution in [0.2, 0.25) is 0 Å². The zero-order chi connectivity index (χ0) is 14.8. The van der Waals surface area contributed by atoms with Crippen LogP contribution in [-0.2, 0) is 21.4 Å². The van der Waals surface area contributed by atoms with Crippen molar-refractivity contribution in [3.05, 3.63) is 18.2 Å². The summed E-state index contributed by atoms with van der Waals surface area (Å²) in [4.78, 5) is 0.191. The Morgan fingerprint density at radius 1 is 1.30 bits per heavy atom. The Bertz CT molecular complexity index is 670. The Kier molecular flexibility index (Phi) is 4.78. The van der Waals surface area contributed by atoms with Crippen molar-refractivity contribution in [1.29, 1.82) is 0 Å². The smallest absolute Gasteiger partial charge is 0.207 e. The molecule has 0 fully saturated rings. The average Bonchev–Trinajstić information content (AvgIpc) is 2.93. The molecule has 1 N–H and O–H groups in total. The predicted octanol–water partition coefficient (Wildman–Crippen LogP) is 3.65. The van der Waals surface area contributed by atoms with E-state index in [-0.39, 0.29) is 4.90 Å². The SMILES string of the molecule is CCC(CC)(CBr)NS(=O)(=O)c1cccc2c1N=S=N2. The maximum absolute atomic E-state index is 12.6. The molecule has 1 heterocycles. The number of nitrogens with zero attached hydrogens (tertiary/aromatic N) is 2. The lowest BCUT2D eigenvalue weighted by molar-refractivity contribution is 0.399. The summed E-state index contributed by atoms with van der Waals surface area (Å²) in [5.74, 6) is 0. The molecule has 110 valence electrons. The van der Waals surface area contributed by atoms with Crippen LogP contribution in [0.5, 0.6) is 0 Å². The van der Waals surface area contributed by atoms with Crippen molar-refractivity contribution in [2.24, 2.45) is 8.73 Å². The molecular formula is C12H16BrN3O2S2. The fourth-order valence-corrected chi connectivity index (χ4v) is 5.38. The van der Waals surface area contributed by atoms with E-state index in [0.29, 0.717) is 29.5 Å². The van der Waals surface area contributed by atoms with Gasteiger partial charge in [0.25, 0.3) is 0 Å². The van der Waals surface area contributed by atoms with Gasteiger partial charge in [0.1, 0.15) is 16.3 Å². The van der Waals surface area contributed by atoms with Crippen molar-refractivity contribution in [1.82, 2.24) is 4.72 Å². The molecule has 0 aliphatic carbocycles. The lowest BCUT2D eigenvalue weighted by Crippen LogP contribution is -2.48. The third-order valence-electron chi connectivity index (χ3n) is 3.50. The normalized spacial score (nSPS) is 14.2. The van der Waals surface area contributed by atoms with Crippen molar-refractivity contribution in [2.75, 3.05) is 5.33 Å². The van der Waals surface area contributed by atoms with Gasteiger partial charge in [-0.3, -0.25) is 0 Å². The zero-order valence-electron chi connectivity index (χ0n) is 11.3. The minimum Gasteiger partial charge on any atom is -0.207 e. The molecule has 0 spiro atoms. The maximum Gasteiger partial charge on any atom is 0.243 e. The molecule has 0 atom stereocenters. The maximum atomic E-state index is 12.6. The minimum absolute atomic E-state index is 0.191. The third kappa shape index (κ3) is 2.88. The highest BCUT2D eigenvalue weighted by Crippen LogP contribution is 2.37. The zero-order valence-corrected chi connectivity index (χ0v) is 14.5. The van der Waals surface area contributed by atoms with Crippen LogP contribution in [0, 0.1) is 0 Å². The van der Waals surface area contributed by atoms with E-state index < -0.39 is 15.6 Å². The number of alkyl halides is 1. The molecule has 0 unspecified atom stereocenters. The topological polar surface area (TPSA) is 70.9 Å². The van der Waals surface area contributed by atoms with Crippen LogP contribution in [0.15, 0.2) is 31.8 Å². The second-order valence-corrected chi connectivity index (χ2v) is 7.35. The molecule has 1 aromatic rings. The number of sulfonamides is 1. The summed E-state index contributed by atoms with van der Waals surface area (Å²) < 4.78 is 36.3. The van der Waals surface area contributed by atoms with Crippen LogP contribution in [0.25, 0.3) is 0 Å². The summed E-state index contributed by atoms with van der Waals surface area (Å²) in [7, 11) is -3.63. The Balaban J connectivity index is 2.43. The standard InChI is InChI=1S/C12H16BrN3O2S2/c1-3-12(4-2,8-13)16-20(17,18)10-7-5-6-9-11(10)15-19-14-9/h5-7,16H,3-4,8H2,1-2H3. The molecule has 0 radical (unpaired) electrons. The molecule has 1 aromatic carbocycles. The molecule has 20 heavy (non-hydrogen) atoms. The van der Waals surface area contributed by atoms with Crippen LogP contribution >= 0.6 is 15.9 Å². The number of fused-ring (bicyclic) bond motifs is 1. The van der Waals surface area contributed by atoms with Crippen LogP contribution in [0.4, 0.5) is 11.4 Å². The molecule has 8 heteroatoms. The van der Waals surface area contributed by atoms with E-state index in [2.05, 4.69) is 29.4 Å². The van der Waals surface area contributed by atoms with E-state index in [4.69, 9.17) is 0 Å². The van der Waals surface area contributed by atoms with Crippen LogP contribution in [-0.4, -0.2) is 19.3 Å². The number of hydrogen-bond donors (Lipinski definition) is 1. The third-order valence-corrected chi connectivity index (χ3v) is 6.72. The van der Waals surface area contributed by atoms with Crippen molar-refractivity contribution in [3.63, 3.8) is 0 Å². The number of benzene rings is 1. The molecule has 0 bridgehead atoms. The molecule has 0 saturated heterocycles. The first-order valence-electron chi connectivity index (χ1n) is 6.29. The summed E-state index contributed by atoms with van der Waals surface area (Å²) in [6, 6.07) is 5.01. The summed E-state index contributed by atoms with van der Waals surface area (Å²) >= 11 is 4.42. The molecule has 1 aliphatic heterocycles. The van der Waals surface area contributed by atoms with E-state index in [1.165, 1.54) is 0 Å². The first-order valence-corrected chi connectivity index (χ1v) is 9.63. The highest BCUT2D eigenvalue weighted by molar-refractivity contribution is 9.09. The van der Waals surface area contributed by atoms with Gasteiger partial charge in [-0.2, -0.15) is 8.73 Å². The lowest BCUT2D eigenvalue weighted by atomic mass is 9.97. The first-order chi connectivity index (χ1) is 9.48. The molecule has 0 amide bonds. The molecule has 2 rings (SSSR count). The van der Waals surface area contributed by atoms with Gasteiger partial charge in [0, 0.05) is 10.9 Å². The molecular weight excluding hydrogens is 362 g/mol. The lowest BCUT2D eigenvalue weighted by Gasteiger charge is -2.30. The van der Waals surface area contributed by atoms with E-state index >= 15 is 0 Å². The average molecular weight is 378 g/mol. The van der Waals surface area contributed by atoms with E-state index in [0.717, 1.165) is 11.4 Å². The van der Waals surface area contributed by atoms with Crippen molar-refractivity contribution in [2.45, 2.75) is 37.1 Å². The fourth-order valence-electron chi connectivity index (χ4n) is 1.95. The second-order valence-electron chi connectivity index (χ2n) is 4.61. The van der Waals surface area contributed by atoms with Gasteiger partial charge < -0.3 is 0 Å². The van der Waals surface area contributed by atoms with Crippen LogP contribution < -0.4 is 4.72 Å². The van der Waals surface area contributed by atoms with Crippen molar-refractivity contribution >= 4 is 48.7 Å². The largest absolute Gasteiger partial charge is 0.243 e. The summed E-state index contributed by atoms with van der Waals surface area (Å²) in [5, 5.41) is 0.567. The van der Waals surface area contributed by atoms with Crippen molar-refractivity contribution in [3.8, 4) is 0 Å². The van der Waals surface area contributed by atoms with Crippen LogP contribution in [0.1, 0.15) is 26.7 Å². The van der Waals surface area contributed by atoms with Gasteiger partial charge in [0.2, 0.25) is 10.0 Å². The summed E-state index contributed by atoms with van der Waals surface area (Å²) in [6.07, 6.45) is 1.42. The van der Waals surface area contributed by atoms with Crippen molar-refractivity contribution < 1.29 is 8.42 Å². The first kappa shape index (κ1) is 15.8. The minimum atomic E-state index is -3.63. The molecule has 1 aliphatic rings.